The largest absolute Gasteiger partial charge is 0.294 e. The first-order valence-corrected chi connectivity index (χ1v) is 4.58. The highest BCUT2D eigenvalue weighted by molar-refractivity contribution is 6.10. The molecule has 0 radical (unpaired) electrons. The van der Waals surface area contributed by atoms with Gasteiger partial charge in [-0.15, -0.1) is 0 Å². The molecule has 72 valence electrons. The molecule has 3 rings (SSSR count). The van der Waals surface area contributed by atoms with Crippen LogP contribution in [0.1, 0.15) is 16.8 Å². The number of benzene rings is 1. The second kappa shape index (κ2) is 2.70. The zero-order valence-electron chi connectivity index (χ0n) is 7.73. The van der Waals surface area contributed by atoms with Crippen LogP contribution in [0.2, 0.25) is 0 Å². The molecule has 0 atom stereocenters. The van der Waals surface area contributed by atoms with Gasteiger partial charge in [0.2, 0.25) is 0 Å². The van der Waals surface area contributed by atoms with Crippen molar-refractivity contribution in [2.75, 3.05) is 0 Å². The van der Waals surface area contributed by atoms with E-state index in [0.29, 0.717) is 10.9 Å². The summed E-state index contributed by atoms with van der Waals surface area (Å²) in [6.07, 6.45) is 3.29. The molecule has 0 spiro atoms. The SMILES string of the molecule is O=C1CC(=O)c2ccc3c(c2=N1)=CC=N3. The average molecular weight is 198 g/mol. The van der Waals surface area contributed by atoms with Crippen molar-refractivity contribution >= 4 is 29.7 Å². The van der Waals surface area contributed by atoms with Gasteiger partial charge in [-0.25, -0.2) is 4.99 Å². The average Bonchev–Trinajstić information content (AvgIpc) is 2.65. The maximum Gasteiger partial charge on any atom is 0.254 e. The van der Waals surface area contributed by atoms with Crippen molar-refractivity contribution in [3.63, 3.8) is 0 Å². The van der Waals surface area contributed by atoms with Crippen LogP contribution in [0, 0.1) is 0 Å². The van der Waals surface area contributed by atoms with Crippen LogP contribution in [0.15, 0.2) is 22.1 Å². The van der Waals surface area contributed by atoms with E-state index in [1.807, 2.05) is 0 Å². The molecule has 0 unspecified atom stereocenters. The fourth-order valence-electron chi connectivity index (χ4n) is 1.81. The molecule has 0 bridgehead atoms. The summed E-state index contributed by atoms with van der Waals surface area (Å²) in [5.74, 6) is -0.533. The lowest BCUT2D eigenvalue weighted by atomic mass is 10.0. The quantitative estimate of drug-likeness (QED) is 0.547. The van der Waals surface area contributed by atoms with Crippen molar-refractivity contribution < 1.29 is 9.59 Å². The van der Waals surface area contributed by atoms with Gasteiger partial charge in [0.25, 0.3) is 5.91 Å². The molecule has 1 aromatic carbocycles. The number of fused-ring (bicyclic) bond motifs is 3. The summed E-state index contributed by atoms with van der Waals surface area (Å²) in [4.78, 5) is 30.7. The fourth-order valence-corrected chi connectivity index (χ4v) is 1.81. The lowest BCUT2D eigenvalue weighted by Crippen LogP contribution is -2.35. The Morgan fingerprint density at radius 1 is 1.20 bits per heavy atom. The van der Waals surface area contributed by atoms with E-state index in [9.17, 15) is 9.59 Å². The monoisotopic (exact) mass is 198 g/mol. The summed E-state index contributed by atoms with van der Waals surface area (Å²) in [6.45, 7) is 0. The molecule has 2 aliphatic rings. The number of carbonyl (C=O) groups excluding carboxylic acids is 2. The Morgan fingerprint density at radius 2 is 2.07 bits per heavy atom. The van der Waals surface area contributed by atoms with Crippen LogP contribution in [0.25, 0.3) is 6.08 Å². The lowest BCUT2D eigenvalue weighted by molar-refractivity contribution is -0.117. The first-order chi connectivity index (χ1) is 7.25. The summed E-state index contributed by atoms with van der Waals surface area (Å²) in [7, 11) is 0. The summed E-state index contributed by atoms with van der Waals surface area (Å²) in [5.41, 5.74) is 1.29. The van der Waals surface area contributed by atoms with Crippen molar-refractivity contribution in [3.8, 4) is 0 Å². The Hall–Kier alpha value is -2.10. The maximum atomic E-state index is 11.6. The smallest absolute Gasteiger partial charge is 0.254 e. The van der Waals surface area contributed by atoms with E-state index in [2.05, 4.69) is 9.98 Å². The van der Waals surface area contributed by atoms with Crippen LogP contribution in [0.5, 0.6) is 0 Å². The van der Waals surface area contributed by atoms with Gasteiger partial charge in [0.15, 0.2) is 5.78 Å². The van der Waals surface area contributed by atoms with Crippen molar-refractivity contribution in [3.05, 3.63) is 28.3 Å². The zero-order valence-corrected chi connectivity index (χ0v) is 7.73. The topological polar surface area (TPSA) is 58.9 Å². The van der Waals surface area contributed by atoms with E-state index in [1.54, 1.807) is 24.4 Å². The first-order valence-electron chi connectivity index (χ1n) is 4.58. The number of hydrogen-bond donors (Lipinski definition) is 0. The molecule has 4 nitrogen and oxygen atoms in total. The predicted octanol–water partition coefficient (Wildman–Crippen LogP) is -0.0844. The Morgan fingerprint density at radius 3 is 2.93 bits per heavy atom. The molecular formula is C11H6N2O2. The maximum absolute atomic E-state index is 11.6. The Bertz CT molecular complexity index is 641. The third kappa shape index (κ3) is 1.08. The van der Waals surface area contributed by atoms with E-state index in [0.717, 1.165) is 10.9 Å². The predicted molar refractivity (Wildman–Crippen MR) is 53.8 cm³/mol. The molecule has 1 amide bonds. The number of nitrogens with zero attached hydrogens (tertiary/aromatic N) is 2. The minimum atomic E-state index is -0.374. The number of carbonyl (C=O) groups is 2. The number of Topliss-reactive ketones (excluding diaryl/α,β-unsaturated/α-hetero) is 1. The van der Waals surface area contributed by atoms with E-state index in [4.69, 9.17) is 0 Å². The Kier molecular flexibility index (Phi) is 1.48. The summed E-state index contributed by atoms with van der Waals surface area (Å²) >= 11 is 0. The second-order valence-corrected chi connectivity index (χ2v) is 3.44. The minimum Gasteiger partial charge on any atom is -0.294 e. The molecule has 0 saturated heterocycles. The highest BCUT2D eigenvalue weighted by Gasteiger charge is 2.20. The zero-order chi connectivity index (χ0) is 10.4. The molecule has 4 heteroatoms. The van der Waals surface area contributed by atoms with Gasteiger partial charge >= 0.3 is 0 Å². The summed E-state index contributed by atoms with van der Waals surface area (Å²) in [6, 6.07) is 3.46. The second-order valence-electron chi connectivity index (χ2n) is 3.44. The fraction of sp³-hybridized carbons (Fsp3) is 0.0909. The highest BCUT2D eigenvalue weighted by Crippen LogP contribution is 2.10. The number of rotatable bonds is 0. The number of aliphatic imine (C=N–C) groups is 1. The third-order valence-corrected chi connectivity index (χ3v) is 2.50. The number of hydrogen-bond acceptors (Lipinski definition) is 3. The Balaban J connectivity index is 2.50. The van der Waals surface area contributed by atoms with Crippen molar-refractivity contribution in [2.45, 2.75) is 6.42 Å². The van der Waals surface area contributed by atoms with Gasteiger partial charge < -0.3 is 0 Å². The lowest BCUT2D eigenvalue weighted by Gasteiger charge is -2.06. The number of ketones is 1. The van der Waals surface area contributed by atoms with Crippen LogP contribution in [0.3, 0.4) is 0 Å². The molecule has 15 heavy (non-hydrogen) atoms. The van der Waals surface area contributed by atoms with Crippen LogP contribution < -0.4 is 10.6 Å². The highest BCUT2D eigenvalue weighted by atomic mass is 16.2. The molecule has 1 aromatic rings. The van der Waals surface area contributed by atoms with Gasteiger partial charge in [-0.05, 0) is 18.2 Å². The van der Waals surface area contributed by atoms with Gasteiger partial charge in [-0.2, -0.15) is 0 Å². The van der Waals surface area contributed by atoms with E-state index >= 15 is 0 Å². The van der Waals surface area contributed by atoms with Crippen molar-refractivity contribution in [2.24, 2.45) is 9.98 Å². The van der Waals surface area contributed by atoms with Gasteiger partial charge in [0, 0.05) is 17.0 Å². The van der Waals surface area contributed by atoms with Crippen LogP contribution in [-0.4, -0.2) is 17.9 Å². The van der Waals surface area contributed by atoms with E-state index in [-0.39, 0.29) is 18.1 Å². The number of amides is 1. The third-order valence-electron chi connectivity index (χ3n) is 2.50. The Labute approximate surface area is 84.7 Å². The van der Waals surface area contributed by atoms with Gasteiger partial charge in [0.05, 0.1) is 17.5 Å². The molecule has 0 aromatic heterocycles. The van der Waals surface area contributed by atoms with Gasteiger partial charge in [0.1, 0.15) is 0 Å². The van der Waals surface area contributed by atoms with Crippen molar-refractivity contribution in [1.29, 1.82) is 0 Å². The molecule has 2 heterocycles. The van der Waals surface area contributed by atoms with Crippen LogP contribution >= 0.6 is 0 Å². The van der Waals surface area contributed by atoms with E-state index < -0.39 is 0 Å². The van der Waals surface area contributed by atoms with E-state index in [1.165, 1.54) is 0 Å². The molecular weight excluding hydrogens is 192 g/mol. The standard InChI is InChI=1S/C11H6N2O2/c14-9-5-10(15)13-11-6-3-4-12-8(6)2-1-7(9)11/h1-4H,5H2. The van der Waals surface area contributed by atoms with Crippen LogP contribution in [-0.2, 0) is 4.79 Å². The molecule has 0 aliphatic carbocycles. The van der Waals surface area contributed by atoms with Crippen molar-refractivity contribution in [1.82, 2.24) is 0 Å². The van der Waals surface area contributed by atoms with Gasteiger partial charge in [-0.1, -0.05) is 0 Å². The molecule has 0 N–H and O–H groups in total. The summed E-state index contributed by atoms with van der Waals surface area (Å²) < 4.78 is 0. The molecule has 0 saturated carbocycles. The molecule has 0 fully saturated rings. The minimum absolute atomic E-state index is 0.118. The first kappa shape index (κ1) is 8.23. The van der Waals surface area contributed by atoms with Gasteiger partial charge in [-0.3, -0.25) is 14.6 Å². The van der Waals surface area contributed by atoms with Crippen LogP contribution in [0.4, 0.5) is 5.69 Å². The normalized spacial score (nSPS) is 16.8. The molecule has 2 aliphatic heterocycles. The summed E-state index contributed by atoms with van der Waals surface area (Å²) in [5, 5.41) is 1.25.